The molecular weight excluding hydrogens is 226 g/mol. The van der Waals surface area contributed by atoms with E-state index in [0.717, 1.165) is 17.3 Å². The van der Waals surface area contributed by atoms with Gasteiger partial charge < -0.3 is 5.73 Å². The third-order valence-corrected chi connectivity index (χ3v) is 3.48. The van der Waals surface area contributed by atoms with Crippen LogP contribution in [-0.2, 0) is 6.42 Å². The van der Waals surface area contributed by atoms with Crippen molar-refractivity contribution in [2.75, 3.05) is 0 Å². The number of fused-ring (bicyclic) bond motifs is 1. The number of hydrogen-bond donors (Lipinski definition) is 1. The molecule has 1 aliphatic rings. The molecule has 1 aromatic carbocycles. The molecular formula is C11H14BrN. The van der Waals surface area contributed by atoms with Crippen molar-refractivity contribution in [2.24, 2.45) is 5.73 Å². The molecule has 1 nitrogen and oxygen atoms in total. The van der Waals surface area contributed by atoms with Gasteiger partial charge in [0, 0.05) is 10.5 Å². The lowest BCUT2D eigenvalue weighted by molar-refractivity contribution is 0.497. The summed E-state index contributed by atoms with van der Waals surface area (Å²) in [5, 5.41) is 0. The van der Waals surface area contributed by atoms with Crippen molar-refractivity contribution in [3.05, 3.63) is 33.8 Å². The quantitative estimate of drug-likeness (QED) is 0.741. The zero-order valence-electron chi connectivity index (χ0n) is 7.76. The number of hydrogen-bond acceptors (Lipinski definition) is 1. The van der Waals surface area contributed by atoms with E-state index in [1.807, 2.05) is 0 Å². The van der Waals surface area contributed by atoms with E-state index in [1.54, 1.807) is 0 Å². The molecule has 2 unspecified atom stereocenters. The predicted octanol–water partition coefficient (Wildman–Crippen LogP) is 2.83. The maximum Gasteiger partial charge on any atom is 0.0178 e. The smallest absolute Gasteiger partial charge is 0.0178 e. The maximum atomic E-state index is 6.03. The third-order valence-electron chi connectivity index (χ3n) is 2.99. The normalized spacial score (nSPS) is 27.0. The molecule has 0 radical (unpaired) electrons. The van der Waals surface area contributed by atoms with E-state index in [9.17, 15) is 0 Å². The third kappa shape index (κ3) is 1.65. The Balaban J connectivity index is 2.45. The van der Waals surface area contributed by atoms with Gasteiger partial charge in [0.15, 0.2) is 0 Å². The molecule has 0 aliphatic heterocycles. The zero-order chi connectivity index (χ0) is 9.42. The lowest BCUT2D eigenvalue weighted by Crippen LogP contribution is -2.31. The van der Waals surface area contributed by atoms with E-state index in [-0.39, 0.29) is 0 Å². The molecule has 0 saturated carbocycles. The van der Waals surface area contributed by atoms with Crippen LogP contribution in [-0.4, -0.2) is 6.04 Å². The summed E-state index contributed by atoms with van der Waals surface area (Å²) in [7, 11) is 0. The SMILES string of the molecule is CC1c2cc(Br)ccc2CCC1N. The van der Waals surface area contributed by atoms with Crippen LogP contribution < -0.4 is 5.73 Å². The Kier molecular flexibility index (Phi) is 2.43. The van der Waals surface area contributed by atoms with Crippen LogP contribution >= 0.6 is 15.9 Å². The highest BCUT2D eigenvalue weighted by molar-refractivity contribution is 9.10. The summed E-state index contributed by atoms with van der Waals surface area (Å²) in [6.07, 6.45) is 2.25. The molecule has 0 bridgehead atoms. The number of benzene rings is 1. The molecule has 1 aliphatic carbocycles. The van der Waals surface area contributed by atoms with Crippen molar-refractivity contribution >= 4 is 15.9 Å². The predicted molar refractivity (Wildman–Crippen MR) is 58.9 cm³/mol. The van der Waals surface area contributed by atoms with Crippen LogP contribution in [0.25, 0.3) is 0 Å². The first-order valence-electron chi connectivity index (χ1n) is 4.72. The highest BCUT2D eigenvalue weighted by atomic mass is 79.9. The first-order chi connectivity index (χ1) is 6.18. The Morgan fingerprint density at radius 1 is 1.46 bits per heavy atom. The van der Waals surface area contributed by atoms with Gasteiger partial charge in [-0.1, -0.05) is 28.9 Å². The molecule has 2 heteroatoms. The fourth-order valence-electron chi connectivity index (χ4n) is 2.02. The molecule has 0 amide bonds. The van der Waals surface area contributed by atoms with Crippen LogP contribution in [0.1, 0.15) is 30.4 Å². The summed E-state index contributed by atoms with van der Waals surface area (Å²) in [5.74, 6) is 0.501. The van der Waals surface area contributed by atoms with E-state index >= 15 is 0 Å². The number of halogens is 1. The summed E-state index contributed by atoms with van der Waals surface area (Å²) in [5.41, 5.74) is 8.92. The van der Waals surface area contributed by atoms with Crippen molar-refractivity contribution in [1.82, 2.24) is 0 Å². The second-order valence-corrected chi connectivity index (χ2v) is 4.75. The molecule has 0 saturated heterocycles. The minimum atomic E-state index is 0.335. The monoisotopic (exact) mass is 239 g/mol. The minimum Gasteiger partial charge on any atom is -0.327 e. The van der Waals surface area contributed by atoms with Gasteiger partial charge in [0.05, 0.1) is 0 Å². The van der Waals surface area contributed by atoms with Gasteiger partial charge in [-0.2, -0.15) is 0 Å². The first kappa shape index (κ1) is 9.22. The van der Waals surface area contributed by atoms with Crippen LogP contribution in [0.4, 0.5) is 0 Å². The van der Waals surface area contributed by atoms with Crippen molar-refractivity contribution in [3.8, 4) is 0 Å². The molecule has 70 valence electrons. The Hall–Kier alpha value is -0.340. The lowest BCUT2D eigenvalue weighted by atomic mass is 9.81. The lowest BCUT2D eigenvalue weighted by Gasteiger charge is -2.28. The Bertz CT molecular complexity index is 322. The average molecular weight is 240 g/mol. The average Bonchev–Trinajstić information content (AvgIpc) is 2.12. The van der Waals surface area contributed by atoms with Crippen LogP contribution in [0, 0.1) is 0 Å². The standard InChI is InChI=1S/C11H14BrN/c1-7-10-6-9(12)4-2-8(10)3-5-11(7)13/h2,4,6-7,11H,3,5,13H2,1H3. The number of aryl methyl sites for hydroxylation is 1. The summed E-state index contributed by atoms with van der Waals surface area (Å²) < 4.78 is 1.16. The van der Waals surface area contributed by atoms with Gasteiger partial charge in [0.1, 0.15) is 0 Å². The van der Waals surface area contributed by atoms with Crippen molar-refractivity contribution in [1.29, 1.82) is 0 Å². The topological polar surface area (TPSA) is 26.0 Å². The molecule has 0 aromatic heterocycles. The van der Waals surface area contributed by atoms with Crippen LogP contribution in [0.3, 0.4) is 0 Å². The minimum absolute atomic E-state index is 0.335. The number of rotatable bonds is 0. The summed E-state index contributed by atoms with van der Waals surface area (Å²) in [6.45, 7) is 2.22. The Labute approximate surface area is 87.5 Å². The van der Waals surface area contributed by atoms with Crippen LogP contribution in [0.5, 0.6) is 0 Å². The molecule has 0 spiro atoms. The summed E-state index contributed by atoms with van der Waals surface area (Å²) in [6, 6.07) is 6.87. The van der Waals surface area contributed by atoms with Crippen molar-refractivity contribution in [2.45, 2.75) is 31.7 Å². The molecule has 1 aromatic rings. The summed E-state index contributed by atoms with van der Waals surface area (Å²) in [4.78, 5) is 0. The molecule has 2 rings (SSSR count). The molecule has 2 atom stereocenters. The van der Waals surface area contributed by atoms with E-state index in [1.165, 1.54) is 11.1 Å². The maximum absolute atomic E-state index is 6.03. The second-order valence-electron chi connectivity index (χ2n) is 3.83. The van der Waals surface area contributed by atoms with Gasteiger partial charge in [-0.05, 0) is 42.0 Å². The van der Waals surface area contributed by atoms with Crippen LogP contribution in [0.15, 0.2) is 22.7 Å². The van der Waals surface area contributed by atoms with E-state index < -0.39 is 0 Å². The largest absolute Gasteiger partial charge is 0.327 e. The van der Waals surface area contributed by atoms with E-state index in [4.69, 9.17) is 5.73 Å². The van der Waals surface area contributed by atoms with Crippen molar-refractivity contribution in [3.63, 3.8) is 0 Å². The van der Waals surface area contributed by atoms with Gasteiger partial charge >= 0.3 is 0 Å². The van der Waals surface area contributed by atoms with Gasteiger partial charge in [0.25, 0.3) is 0 Å². The molecule has 2 N–H and O–H groups in total. The number of nitrogens with two attached hydrogens (primary N) is 1. The highest BCUT2D eigenvalue weighted by Crippen LogP contribution is 2.32. The van der Waals surface area contributed by atoms with Gasteiger partial charge in [-0.3, -0.25) is 0 Å². The fourth-order valence-corrected chi connectivity index (χ4v) is 2.40. The Morgan fingerprint density at radius 3 is 3.00 bits per heavy atom. The summed E-state index contributed by atoms with van der Waals surface area (Å²) >= 11 is 3.50. The van der Waals surface area contributed by atoms with Crippen molar-refractivity contribution < 1.29 is 0 Å². The zero-order valence-corrected chi connectivity index (χ0v) is 9.34. The fraction of sp³-hybridized carbons (Fsp3) is 0.455. The van der Waals surface area contributed by atoms with Gasteiger partial charge in [-0.25, -0.2) is 0 Å². The van der Waals surface area contributed by atoms with Gasteiger partial charge in [0.2, 0.25) is 0 Å². The second kappa shape index (κ2) is 3.43. The first-order valence-corrected chi connectivity index (χ1v) is 5.51. The van der Waals surface area contributed by atoms with E-state index in [0.29, 0.717) is 12.0 Å². The molecule has 0 heterocycles. The van der Waals surface area contributed by atoms with Gasteiger partial charge in [-0.15, -0.1) is 0 Å². The Morgan fingerprint density at radius 2 is 2.23 bits per heavy atom. The molecule has 13 heavy (non-hydrogen) atoms. The van der Waals surface area contributed by atoms with E-state index in [2.05, 4.69) is 41.1 Å². The molecule has 0 fully saturated rings. The highest BCUT2D eigenvalue weighted by Gasteiger charge is 2.22. The van der Waals surface area contributed by atoms with Crippen LogP contribution in [0.2, 0.25) is 0 Å².